The first-order chi connectivity index (χ1) is 8.56. The molecule has 0 bridgehead atoms. The van der Waals surface area contributed by atoms with Gasteiger partial charge in [-0.05, 0) is 42.5 Å². The Morgan fingerprint density at radius 2 is 1.83 bits per heavy atom. The van der Waals surface area contributed by atoms with Crippen molar-refractivity contribution in [3.05, 3.63) is 58.9 Å². The van der Waals surface area contributed by atoms with E-state index in [-0.39, 0.29) is 5.69 Å². The van der Waals surface area contributed by atoms with E-state index in [4.69, 9.17) is 17.3 Å². The lowest BCUT2D eigenvalue weighted by Gasteiger charge is -2.07. The molecule has 0 spiro atoms. The molecule has 0 heterocycles. The second-order valence-electron chi connectivity index (χ2n) is 3.70. The van der Waals surface area contributed by atoms with E-state index in [1.807, 2.05) is 0 Å². The molecule has 18 heavy (non-hydrogen) atoms. The molecule has 3 N–H and O–H groups in total. The van der Waals surface area contributed by atoms with Crippen molar-refractivity contribution >= 4 is 28.9 Å². The van der Waals surface area contributed by atoms with E-state index in [0.717, 1.165) is 0 Å². The average Bonchev–Trinajstić information content (AvgIpc) is 2.34. The first kappa shape index (κ1) is 12.4. The smallest absolute Gasteiger partial charge is 0.255 e. The summed E-state index contributed by atoms with van der Waals surface area (Å²) < 4.78 is 13.4. The van der Waals surface area contributed by atoms with E-state index in [2.05, 4.69) is 5.32 Å². The summed E-state index contributed by atoms with van der Waals surface area (Å²) in [4.78, 5) is 11.8. The highest BCUT2D eigenvalue weighted by atomic mass is 35.5. The van der Waals surface area contributed by atoms with Gasteiger partial charge in [0.2, 0.25) is 0 Å². The third-order valence-corrected chi connectivity index (χ3v) is 2.60. The maximum atomic E-state index is 13.4. The minimum Gasteiger partial charge on any atom is -0.399 e. The predicted molar refractivity (Wildman–Crippen MR) is 70.2 cm³/mol. The fourth-order valence-electron chi connectivity index (χ4n) is 1.43. The number of halogens is 2. The van der Waals surface area contributed by atoms with Crippen LogP contribution in [0, 0.1) is 5.82 Å². The number of hydrogen-bond acceptors (Lipinski definition) is 2. The molecule has 0 unspecified atom stereocenters. The average molecular weight is 265 g/mol. The zero-order valence-corrected chi connectivity index (χ0v) is 10.0. The van der Waals surface area contributed by atoms with Crippen LogP contribution in [0.25, 0.3) is 0 Å². The highest BCUT2D eigenvalue weighted by Gasteiger charge is 2.09. The molecule has 0 aliphatic heterocycles. The van der Waals surface area contributed by atoms with Crippen LogP contribution in [-0.2, 0) is 0 Å². The molecule has 0 aliphatic carbocycles. The lowest BCUT2D eigenvalue weighted by Crippen LogP contribution is -2.13. The van der Waals surface area contributed by atoms with E-state index in [9.17, 15) is 9.18 Å². The van der Waals surface area contributed by atoms with Crippen LogP contribution in [0.1, 0.15) is 10.4 Å². The van der Waals surface area contributed by atoms with Crippen molar-refractivity contribution in [2.45, 2.75) is 0 Å². The molecule has 2 aromatic rings. The molecule has 0 aliphatic rings. The fraction of sp³-hybridized carbons (Fsp3) is 0. The van der Waals surface area contributed by atoms with Crippen molar-refractivity contribution in [1.82, 2.24) is 0 Å². The van der Waals surface area contributed by atoms with Crippen molar-refractivity contribution in [3.63, 3.8) is 0 Å². The fourth-order valence-corrected chi connectivity index (χ4v) is 1.56. The molecule has 3 nitrogen and oxygen atoms in total. The number of amides is 1. The molecule has 2 rings (SSSR count). The van der Waals surface area contributed by atoms with Gasteiger partial charge in [0.25, 0.3) is 5.91 Å². The molecule has 0 saturated heterocycles. The van der Waals surface area contributed by atoms with Gasteiger partial charge in [0.15, 0.2) is 0 Å². The minimum atomic E-state index is -0.536. The number of rotatable bonds is 2. The van der Waals surface area contributed by atoms with Gasteiger partial charge in [-0.25, -0.2) is 4.39 Å². The lowest BCUT2D eigenvalue weighted by atomic mass is 10.2. The summed E-state index contributed by atoms with van der Waals surface area (Å²) >= 11 is 5.71. The first-order valence-corrected chi connectivity index (χ1v) is 5.56. The van der Waals surface area contributed by atoms with Gasteiger partial charge in [-0.3, -0.25) is 4.79 Å². The number of carbonyl (C=O) groups excluding carboxylic acids is 1. The Bertz CT molecular complexity index is 584. The van der Waals surface area contributed by atoms with Crippen molar-refractivity contribution < 1.29 is 9.18 Å². The summed E-state index contributed by atoms with van der Waals surface area (Å²) in [5.41, 5.74) is 6.34. The standard InChI is InChI=1S/C13H10ClFN2O/c14-9-3-1-8(2-4-9)13(18)17-12-7-10(16)5-6-11(12)15/h1-7H,16H2,(H,17,18). The normalized spacial score (nSPS) is 10.1. The van der Waals surface area contributed by atoms with Crippen molar-refractivity contribution in [2.75, 3.05) is 11.1 Å². The number of nitrogens with two attached hydrogens (primary N) is 1. The quantitative estimate of drug-likeness (QED) is 0.818. The number of nitrogens with one attached hydrogen (secondary N) is 1. The summed E-state index contributed by atoms with van der Waals surface area (Å²) in [5.74, 6) is -0.956. The predicted octanol–water partition coefficient (Wildman–Crippen LogP) is 3.31. The minimum absolute atomic E-state index is 0.0509. The van der Waals surface area contributed by atoms with Crippen molar-refractivity contribution in [3.8, 4) is 0 Å². The third kappa shape index (κ3) is 2.78. The van der Waals surface area contributed by atoms with Gasteiger partial charge < -0.3 is 11.1 Å². The SMILES string of the molecule is Nc1ccc(F)c(NC(=O)c2ccc(Cl)cc2)c1. The molecule has 0 atom stereocenters. The number of nitrogen functional groups attached to an aromatic ring is 1. The highest BCUT2D eigenvalue weighted by Crippen LogP contribution is 2.18. The maximum Gasteiger partial charge on any atom is 0.255 e. The highest BCUT2D eigenvalue weighted by molar-refractivity contribution is 6.30. The Kier molecular flexibility index (Phi) is 3.48. The Labute approximate surface area is 108 Å². The second kappa shape index (κ2) is 5.06. The molecule has 2 aromatic carbocycles. The van der Waals surface area contributed by atoms with E-state index >= 15 is 0 Å². The summed E-state index contributed by atoms with van der Waals surface area (Å²) in [6.45, 7) is 0. The maximum absolute atomic E-state index is 13.4. The molecule has 0 aromatic heterocycles. The van der Waals surface area contributed by atoms with Gasteiger partial charge in [-0.2, -0.15) is 0 Å². The summed E-state index contributed by atoms with van der Waals surface area (Å²) in [6.07, 6.45) is 0. The van der Waals surface area contributed by atoms with E-state index in [0.29, 0.717) is 16.3 Å². The number of hydrogen-bond donors (Lipinski definition) is 2. The van der Waals surface area contributed by atoms with E-state index in [1.165, 1.54) is 18.2 Å². The van der Waals surface area contributed by atoms with Crippen molar-refractivity contribution in [1.29, 1.82) is 0 Å². The van der Waals surface area contributed by atoms with Crippen LogP contribution in [0.5, 0.6) is 0 Å². The molecule has 0 saturated carbocycles. The molecule has 5 heteroatoms. The van der Waals surface area contributed by atoms with Crippen LogP contribution in [0.4, 0.5) is 15.8 Å². The van der Waals surface area contributed by atoms with Crippen LogP contribution in [0.3, 0.4) is 0 Å². The molecule has 92 valence electrons. The van der Waals surface area contributed by atoms with Crippen LogP contribution in [0.15, 0.2) is 42.5 Å². The topological polar surface area (TPSA) is 55.1 Å². The molecule has 1 amide bonds. The van der Waals surface area contributed by atoms with Crippen LogP contribution >= 0.6 is 11.6 Å². The Morgan fingerprint density at radius 1 is 1.17 bits per heavy atom. The van der Waals surface area contributed by atoms with E-state index < -0.39 is 11.7 Å². The Morgan fingerprint density at radius 3 is 2.50 bits per heavy atom. The number of carbonyl (C=O) groups is 1. The molecule has 0 radical (unpaired) electrons. The number of benzene rings is 2. The van der Waals surface area contributed by atoms with Gasteiger partial charge in [-0.15, -0.1) is 0 Å². The Balaban J connectivity index is 2.21. The van der Waals surface area contributed by atoms with Crippen LogP contribution in [-0.4, -0.2) is 5.91 Å². The van der Waals surface area contributed by atoms with Gasteiger partial charge >= 0.3 is 0 Å². The summed E-state index contributed by atoms with van der Waals surface area (Å²) in [7, 11) is 0. The van der Waals surface area contributed by atoms with E-state index in [1.54, 1.807) is 24.3 Å². The first-order valence-electron chi connectivity index (χ1n) is 5.18. The Hall–Kier alpha value is -2.07. The summed E-state index contributed by atoms with van der Waals surface area (Å²) in [6, 6.07) is 10.3. The van der Waals surface area contributed by atoms with Gasteiger partial charge in [-0.1, -0.05) is 11.6 Å². The zero-order chi connectivity index (χ0) is 13.1. The largest absolute Gasteiger partial charge is 0.399 e. The van der Waals surface area contributed by atoms with Gasteiger partial charge in [0.05, 0.1) is 5.69 Å². The van der Waals surface area contributed by atoms with Crippen LogP contribution in [0.2, 0.25) is 5.02 Å². The van der Waals surface area contributed by atoms with Crippen molar-refractivity contribution in [2.24, 2.45) is 0 Å². The molecule has 0 fully saturated rings. The third-order valence-electron chi connectivity index (χ3n) is 2.35. The monoisotopic (exact) mass is 264 g/mol. The molecular weight excluding hydrogens is 255 g/mol. The van der Waals surface area contributed by atoms with Gasteiger partial charge in [0.1, 0.15) is 5.82 Å². The zero-order valence-electron chi connectivity index (χ0n) is 9.28. The molecular formula is C13H10ClFN2O. The summed E-state index contributed by atoms with van der Waals surface area (Å²) in [5, 5.41) is 2.98. The van der Waals surface area contributed by atoms with Gasteiger partial charge in [0, 0.05) is 16.3 Å². The number of anilines is 2. The van der Waals surface area contributed by atoms with Crippen LogP contribution < -0.4 is 11.1 Å². The second-order valence-corrected chi connectivity index (χ2v) is 4.14. The lowest BCUT2D eigenvalue weighted by molar-refractivity contribution is 0.102.